The summed E-state index contributed by atoms with van der Waals surface area (Å²) in [5, 5.41) is 14.6. The summed E-state index contributed by atoms with van der Waals surface area (Å²) in [6, 6.07) is 16.2. The molecule has 0 aromatic heterocycles. The molecule has 0 radical (unpaired) electrons. The van der Waals surface area contributed by atoms with Gasteiger partial charge in [-0.25, -0.2) is 4.79 Å². The first-order valence-corrected chi connectivity index (χ1v) is 7.05. The number of urea groups is 1. The fraction of sp³-hybridized carbons (Fsp3) is 0.176. The summed E-state index contributed by atoms with van der Waals surface area (Å²) in [6.07, 6.45) is 0.725. The molecule has 2 aromatic rings. The van der Waals surface area contributed by atoms with Gasteiger partial charge in [-0.2, -0.15) is 5.26 Å². The van der Waals surface area contributed by atoms with E-state index in [0.29, 0.717) is 17.9 Å². The first kappa shape index (κ1) is 14.0. The Bertz CT molecular complexity index is 737. The van der Waals surface area contributed by atoms with Crippen LogP contribution < -0.4 is 15.4 Å². The molecule has 2 aromatic carbocycles. The van der Waals surface area contributed by atoms with Crippen LogP contribution >= 0.6 is 0 Å². The maximum atomic E-state index is 12.1. The predicted molar refractivity (Wildman–Crippen MR) is 82.6 cm³/mol. The van der Waals surface area contributed by atoms with Gasteiger partial charge in [0.2, 0.25) is 0 Å². The van der Waals surface area contributed by atoms with Gasteiger partial charge >= 0.3 is 6.03 Å². The monoisotopic (exact) mass is 293 g/mol. The minimum absolute atomic E-state index is 0.0795. The van der Waals surface area contributed by atoms with E-state index in [1.165, 1.54) is 0 Å². The molecule has 110 valence electrons. The van der Waals surface area contributed by atoms with Crippen LogP contribution in [0.3, 0.4) is 0 Å². The van der Waals surface area contributed by atoms with E-state index < -0.39 is 0 Å². The number of ether oxygens (including phenoxy) is 1. The van der Waals surface area contributed by atoms with Crippen LogP contribution in [0.2, 0.25) is 0 Å². The summed E-state index contributed by atoms with van der Waals surface area (Å²) in [5.74, 6) is 0.811. The molecule has 3 rings (SSSR count). The summed E-state index contributed by atoms with van der Waals surface area (Å²) in [4.78, 5) is 12.1. The number of nitrogens with one attached hydrogen (secondary N) is 2. The number of hydrogen-bond donors (Lipinski definition) is 2. The number of fused-ring (bicyclic) bond motifs is 1. The van der Waals surface area contributed by atoms with Crippen LogP contribution in [0, 0.1) is 11.3 Å². The Hall–Kier alpha value is -3.00. The molecule has 0 fully saturated rings. The van der Waals surface area contributed by atoms with Crippen molar-refractivity contribution >= 4 is 11.7 Å². The third kappa shape index (κ3) is 3.01. The second kappa shape index (κ2) is 6.19. The zero-order chi connectivity index (χ0) is 15.4. The van der Waals surface area contributed by atoms with Crippen LogP contribution in [-0.2, 0) is 0 Å². The first-order valence-electron chi connectivity index (χ1n) is 7.05. The van der Waals surface area contributed by atoms with Crippen molar-refractivity contribution in [3.8, 4) is 11.8 Å². The number of hydrogen-bond acceptors (Lipinski definition) is 3. The smallest absolute Gasteiger partial charge is 0.319 e. The van der Waals surface area contributed by atoms with E-state index in [4.69, 9.17) is 10.00 Å². The van der Waals surface area contributed by atoms with Crippen LogP contribution in [-0.4, -0.2) is 12.6 Å². The van der Waals surface area contributed by atoms with E-state index in [-0.39, 0.29) is 12.1 Å². The molecule has 1 atom stereocenters. The van der Waals surface area contributed by atoms with Gasteiger partial charge in [-0.15, -0.1) is 0 Å². The van der Waals surface area contributed by atoms with Crippen molar-refractivity contribution in [1.82, 2.24) is 5.32 Å². The number of anilines is 1. The third-order valence-electron chi connectivity index (χ3n) is 3.51. The van der Waals surface area contributed by atoms with Gasteiger partial charge in [-0.05, 0) is 24.3 Å². The largest absolute Gasteiger partial charge is 0.493 e. The Kier molecular flexibility index (Phi) is 3.92. The highest BCUT2D eigenvalue weighted by atomic mass is 16.5. The number of nitriles is 1. The van der Waals surface area contributed by atoms with E-state index in [1.807, 2.05) is 30.3 Å². The number of carbonyl (C=O) groups is 1. The Morgan fingerprint density at radius 1 is 1.23 bits per heavy atom. The number of para-hydroxylation sites is 1. The van der Waals surface area contributed by atoms with Gasteiger partial charge in [0, 0.05) is 17.7 Å². The number of rotatable bonds is 2. The van der Waals surface area contributed by atoms with Crippen LogP contribution in [0.15, 0.2) is 48.5 Å². The number of nitrogens with zero attached hydrogens (tertiary/aromatic N) is 1. The molecule has 5 heteroatoms. The van der Waals surface area contributed by atoms with Crippen molar-refractivity contribution in [2.24, 2.45) is 0 Å². The number of carbonyl (C=O) groups excluding carboxylic acids is 1. The van der Waals surface area contributed by atoms with Gasteiger partial charge in [0.25, 0.3) is 0 Å². The molecule has 0 saturated heterocycles. The molecule has 5 nitrogen and oxygen atoms in total. The van der Waals surface area contributed by atoms with Gasteiger partial charge in [0.1, 0.15) is 5.75 Å². The Labute approximate surface area is 128 Å². The van der Waals surface area contributed by atoms with E-state index >= 15 is 0 Å². The molecule has 1 aliphatic heterocycles. The van der Waals surface area contributed by atoms with E-state index in [2.05, 4.69) is 10.6 Å². The average Bonchev–Trinajstić information content (AvgIpc) is 2.55. The Morgan fingerprint density at radius 3 is 2.95 bits per heavy atom. The van der Waals surface area contributed by atoms with Crippen LogP contribution in [0.5, 0.6) is 5.75 Å². The molecule has 0 saturated carbocycles. The predicted octanol–water partition coefficient (Wildman–Crippen LogP) is 3.20. The Balaban J connectivity index is 1.69. The normalized spacial score (nSPS) is 15.9. The summed E-state index contributed by atoms with van der Waals surface area (Å²) in [6.45, 7) is 0.575. The minimum Gasteiger partial charge on any atom is -0.493 e. The molecular weight excluding hydrogens is 278 g/mol. The van der Waals surface area contributed by atoms with Crippen molar-refractivity contribution in [3.05, 3.63) is 59.7 Å². The zero-order valence-electron chi connectivity index (χ0n) is 11.9. The average molecular weight is 293 g/mol. The standard InChI is InChI=1S/C17H15N3O2/c18-11-12-4-3-5-13(10-12)19-17(21)20-15-8-9-22-16-7-2-1-6-14(15)16/h1-7,10,15H,8-9H2,(H2,19,20,21). The first-order chi connectivity index (χ1) is 10.8. The molecule has 1 heterocycles. The van der Waals surface area contributed by atoms with Crippen molar-refractivity contribution < 1.29 is 9.53 Å². The fourth-order valence-electron chi connectivity index (χ4n) is 2.48. The summed E-state index contributed by atoms with van der Waals surface area (Å²) in [7, 11) is 0. The lowest BCUT2D eigenvalue weighted by Gasteiger charge is -2.26. The molecule has 0 bridgehead atoms. The highest BCUT2D eigenvalue weighted by Crippen LogP contribution is 2.31. The lowest BCUT2D eigenvalue weighted by atomic mass is 10.0. The van der Waals surface area contributed by atoms with Crippen LogP contribution in [0.1, 0.15) is 23.6 Å². The van der Waals surface area contributed by atoms with Crippen molar-refractivity contribution in [2.75, 3.05) is 11.9 Å². The van der Waals surface area contributed by atoms with E-state index in [0.717, 1.165) is 17.7 Å². The molecule has 1 unspecified atom stereocenters. The topological polar surface area (TPSA) is 74.2 Å². The molecule has 0 aliphatic carbocycles. The van der Waals surface area contributed by atoms with Crippen molar-refractivity contribution in [1.29, 1.82) is 5.26 Å². The van der Waals surface area contributed by atoms with Crippen LogP contribution in [0.4, 0.5) is 10.5 Å². The lowest BCUT2D eigenvalue weighted by molar-refractivity contribution is 0.232. The molecule has 22 heavy (non-hydrogen) atoms. The third-order valence-corrected chi connectivity index (χ3v) is 3.51. The van der Waals surface area contributed by atoms with Gasteiger partial charge in [-0.3, -0.25) is 0 Å². The SMILES string of the molecule is N#Cc1cccc(NC(=O)NC2CCOc3ccccc32)c1. The summed E-state index contributed by atoms with van der Waals surface area (Å²) >= 11 is 0. The molecule has 2 N–H and O–H groups in total. The van der Waals surface area contributed by atoms with Gasteiger partial charge in [0.15, 0.2) is 0 Å². The number of benzene rings is 2. The van der Waals surface area contributed by atoms with E-state index in [1.54, 1.807) is 24.3 Å². The maximum Gasteiger partial charge on any atom is 0.319 e. The molecule has 2 amide bonds. The minimum atomic E-state index is -0.295. The van der Waals surface area contributed by atoms with E-state index in [9.17, 15) is 4.79 Å². The number of amides is 2. The fourth-order valence-corrected chi connectivity index (χ4v) is 2.48. The summed E-state index contributed by atoms with van der Waals surface area (Å²) < 4.78 is 5.58. The highest BCUT2D eigenvalue weighted by Gasteiger charge is 2.22. The Morgan fingerprint density at radius 2 is 2.09 bits per heavy atom. The summed E-state index contributed by atoms with van der Waals surface area (Å²) in [5.41, 5.74) is 2.08. The lowest BCUT2D eigenvalue weighted by Crippen LogP contribution is -2.35. The van der Waals surface area contributed by atoms with Crippen molar-refractivity contribution in [3.63, 3.8) is 0 Å². The van der Waals surface area contributed by atoms with Gasteiger partial charge in [0.05, 0.1) is 24.3 Å². The van der Waals surface area contributed by atoms with Gasteiger partial charge < -0.3 is 15.4 Å². The molecule has 1 aliphatic rings. The molecule has 0 spiro atoms. The van der Waals surface area contributed by atoms with Crippen molar-refractivity contribution in [2.45, 2.75) is 12.5 Å². The second-order valence-electron chi connectivity index (χ2n) is 5.02. The maximum absolute atomic E-state index is 12.1. The highest BCUT2D eigenvalue weighted by molar-refractivity contribution is 5.89. The quantitative estimate of drug-likeness (QED) is 0.893. The van der Waals surface area contributed by atoms with Crippen LogP contribution in [0.25, 0.3) is 0 Å². The molecular formula is C17H15N3O2. The second-order valence-corrected chi connectivity index (χ2v) is 5.02. The van der Waals surface area contributed by atoms with Gasteiger partial charge in [-0.1, -0.05) is 24.3 Å². The zero-order valence-corrected chi connectivity index (χ0v) is 11.9.